The van der Waals surface area contributed by atoms with E-state index in [-0.39, 0.29) is 11.8 Å². The molecule has 1 unspecified atom stereocenters. The lowest BCUT2D eigenvalue weighted by atomic mass is 9.74. The normalized spacial score (nSPS) is 21.2. The molecule has 1 N–H and O–H groups in total. The van der Waals surface area contributed by atoms with E-state index in [2.05, 4.69) is 0 Å². The number of likely N-dealkylation sites (N-methyl/N-ethyl adjacent to an activating group) is 1. The second kappa shape index (κ2) is 5.69. The van der Waals surface area contributed by atoms with Crippen molar-refractivity contribution in [3.05, 3.63) is 0 Å². The molecule has 1 amide bonds. The van der Waals surface area contributed by atoms with Crippen molar-refractivity contribution in [2.75, 3.05) is 33.7 Å². The molecule has 0 saturated carbocycles. The van der Waals surface area contributed by atoms with Gasteiger partial charge in [0, 0.05) is 13.1 Å². The number of amides is 1. The predicted molar refractivity (Wildman–Crippen MR) is 69.3 cm³/mol. The van der Waals surface area contributed by atoms with Crippen molar-refractivity contribution in [2.45, 2.75) is 26.7 Å². The topological polar surface area (TPSA) is 60.9 Å². The molecule has 1 aliphatic heterocycles. The third-order valence-corrected chi connectivity index (χ3v) is 3.80. The Morgan fingerprint density at radius 2 is 2.00 bits per heavy atom. The first kappa shape index (κ1) is 15.0. The summed E-state index contributed by atoms with van der Waals surface area (Å²) in [6, 6.07) is 0. The Morgan fingerprint density at radius 1 is 1.39 bits per heavy atom. The standard InChI is InChI=1S/C13H24N2O3/c1-13(2,12(17)18)10-6-5-7-15(8-10)11(16)9-14(3)4/h10H,5-9H2,1-4H3,(H,17,18). The molecule has 104 valence electrons. The number of hydrogen-bond donors (Lipinski definition) is 1. The molecule has 5 nitrogen and oxygen atoms in total. The molecule has 0 spiro atoms. The molecular formula is C13H24N2O3. The Morgan fingerprint density at radius 3 is 2.50 bits per heavy atom. The van der Waals surface area contributed by atoms with Crippen LogP contribution in [0, 0.1) is 11.3 Å². The number of rotatable bonds is 4. The van der Waals surface area contributed by atoms with E-state index < -0.39 is 11.4 Å². The number of carboxylic acid groups (broad SMARTS) is 1. The highest BCUT2D eigenvalue weighted by molar-refractivity contribution is 5.78. The van der Waals surface area contributed by atoms with E-state index in [4.69, 9.17) is 0 Å². The highest BCUT2D eigenvalue weighted by Crippen LogP contribution is 2.34. The number of aliphatic carboxylic acids is 1. The Hall–Kier alpha value is -1.10. The number of piperidine rings is 1. The summed E-state index contributed by atoms with van der Waals surface area (Å²) in [5.74, 6) is -0.657. The molecule has 1 rings (SSSR count). The summed E-state index contributed by atoms with van der Waals surface area (Å²) in [4.78, 5) is 26.9. The van der Waals surface area contributed by atoms with Gasteiger partial charge in [-0.1, -0.05) is 0 Å². The first-order chi connectivity index (χ1) is 8.25. The minimum absolute atomic E-state index is 0.0369. The van der Waals surface area contributed by atoms with Crippen LogP contribution in [-0.2, 0) is 9.59 Å². The highest BCUT2D eigenvalue weighted by atomic mass is 16.4. The zero-order chi connectivity index (χ0) is 13.9. The molecule has 1 saturated heterocycles. The van der Waals surface area contributed by atoms with Crippen molar-refractivity contribution < 1.29 is 14.7 Å². The molecule has 0 aromatic carbocycles. The molecule has 0 aliphatic carbocycles. The Kier molecular flexibility index (Phi) is 4.73. The maximum atomic E-state index is 12.0. The van der Waals surface area contributed by atoms with E-state index in [1.807, 2.05) is 19.0 Å². The van der Waals surface area contributed by atoms with E-state index in [0.717, 1.165) is 19.4 Å². The third-order valence-electron chi connectivity index (χ3n) is 3.80. The molecule has 1 heterocycles. The van der Waals surface area contributed by atoms with Crippen LogP contribution in [-0.4, -0.2) is 60.5 Å². The highest BCUT2D eigenvalue weighted by Gasteiger charge is 2.39. The molecule has 0 radical (unpaired) electrons. The second-order valence-electron chi connectivity index (χ2n) is 5.94. The van der Waals surface area contributed by atoms with E-state index in [1.165, 1.54) is 0 Å². The van der Waals surface area contributed by atoms with E-state index >= 15 is 0 Å². The SMILES string of the molecule is CN(C)CC(=O)N1CCCC(C(C)(C)C(=O)O)C1. The number of carbonyl (C=O) groups excluding carboxylic acids is 1. The largest absolute Gasteiger partial charge is 0.481 e. The van der Waals surface area contributed by atoms with E-state index in [9.17, 15) is 14.7 Å². The van der Waals surface area contributed by atoms with Crippen molar-refractivity contribution in [1.82, 2.24) is 9.80 Å². The fourth-order valence-corrected chi connectivity index (χ4v) is 2.34. The van der Waals surface area contributed by atoms with Crippen molar-refractivity contribution in [2.24, 2.45) is 11.3 Å². The van der Waals surface area contributed by atoms with Crippen LogP contribution in [0.5, 0.6) is 0 Å². The maximum Gasteiger partial charge on any atom is 0.309 e. The number of likely N-dealkylation sites (tertiary alicyclic amines) is 1. The second-order valence-corrected chi connectivity index (χ2v) is 5.94. The van der Waals surface area contributed by atoms with Gasteiger partial charge in [-0.3, -0.25) is 9.59 Å². The van der Waals surface area contributed by atoms with Gasteiger partial charge in [0.15, 0.2) is 0 Å². The zero-order valence-electron chi connectivity index (χ0n) is 11.8. The van der Waals surface area contributed by atoms with Gasteiger partial charge in [0.05, 0.1) is 12.0 Å². The van der Waals surface area contributed by atoms with Crippen LogP contribution in [0.3, 0.4) is 0 Å². The van der Waals surface area contributed by atoms with Crippen molar-refractivity contribution >= 4 is 11.9 Å². The van der Waals surface area contributed by atoms with Gasteiger partial charge in [-0.15, -0.1) is 0 Å². The fraction of sp³-hybridized carbons (Fsp3) is 0.846. The van der Waals surface area contributed by atoms with Crippen LogP contribution in [0.25, 0.3) is 0 Å². The van der Waals surface area contributed by atoms with Crippen LogP contribution in [0.15, 0.2) is 0 Å². The van der Waals surface area contributed by atoms with Gasteiger partial charge in [-0.05, 0) is 46.7 Å². The van der Waals surface area contributed by atoms with Gasteiger partial charge in [0.2, 0.25) is 5.91 Å². The van der Waals surface area contributed by atoms with Crippen LogP contribution >= 0.6 is 0 Å². The average molecular weight is 256 g/mol. The van der Waals surface area contributed by atoms with Gasteiger partial charge in [0.25, 0.3) is 0 Å². The van der Waals surface area contributed by atoms with Gasteiger partial charge < -0.3 is 14.9 Å². The number of carbonyl (C=O) groups is 2. The number of hydrogen-bond acceptors (Lipinski definition) is 3. The van der Waals surface area contributed by atoms with E-state index in [1.54, 1.807) is 18.7 Å². The Balaban J connectivity index is 2.67. The summed E-state index contributed by atoms with van der Waals surface area (Å²) in [7, 11) is 3.72. The minimum atomic E-state index is -0.783. The molecule has 1 fully saturated rings. The molecule has 0 bridgehead atoms. The summed E-state index contributed by atoms with van der Waals surface area (Å²) in [6.45, 7) is 5.20. The Bertz CT molecular complexity index is 326. The molecule has 0 aromatic rings. The van der Waals surface area contributed by atoms with E-state index in [0.29, 0.717) is 13.1 Å². The first-order valence-corrected chi connectivity index (χ1v) is 6.41. The van der Waals surface area contributed by atoms with Crippen LogP contribution in [0.2, 0.25) is 0 Å². The predicted octanol–water partition coefficient (Wildman–Crippen LogP) is 0.897. The lowest BCUT2D eigenvalue weighted by Crippen LogP contribution is -2.48. The molecular weight excluding hydrogens is 232 g/mol. The average Bonchev–Trinajstić information content (AvgIpc) is 2.28. The fourth-order valence-electron chi connectivity index (χ4n) is 2.34. The Labute approximate surface area is 109 Å². The van der Waals surface area contributed by atoms with Gasteiger partial charge in [-0.25, -0.2) is 0 Å². The molecule has 18 heavy (non-hydrogen) atoms. The monoisotopic (exact) mass is 256 g/mol. The summed E-state index contributed by atoms with van der Waals surface area (Å²) >= 11 is 0. The summed E-state index contributed by atoms with van der Waals surface area (Å²) < 4.78 is 0. The molecule has 1 aliphatic rings. The minimum Gasteiger partial charge on any atom is -0.481 e. The third kappa shape index (κ3) is 3.45. The first-order valence-electron chi connectivity index (χ1n) is 6.41. The summed E-state index contributed by atoms with van der Waals surface area (Å²) in [6.07, 6.45) is 1.77. The quantitative estimate of drug-likeness (QED) is 0.811. The van der Waals surface area contributed by atoms with Crippen molar-refractivity contribution in [3.63, 3.8) is 0 Å². The van der Waals surface area contributed by atoms with Crippen LogP contribution in [0.1, 0.15) is 26.7 Å². The molecule has 1 atom stereocenters. The van der Waals surface area contributed by atoms with Crippen LogP contribution in [0.4, 0.5) is 0 Å². The van der Waals surface area contributed by atoms with Crippen molar-refractivity contribution in [3.8, 4) is 0 Å². The number of nitrogens with zero attached hydrogens (tertiary/aromatic N) is 2. The summed E-state index contributed by atoms with van der Waals surface area (Å²) in [5.41, 5.74) is -0.767. The van der Waals surface area contributed by atoms with Gasteiger partial charge >= 0.3 is 5.97 Å². The van der Waals surface area contributed by atoms with Crippen molar-refractivity contribution in [1.29, 1.82) is 0 Å². The lowest BCUT2D eigenvalue weighted by molar-refractivity contribution is -0.153. The summed E-state index contributed by atoms with van der Waals surface area (Å²) in [5, 5.41) is 9.25. The van der Waals surface area contributed by atoms with Gasteiger partial charge in [0.1, 0.15) is 0 Å². The molecule has 5 heteroatoms. The number of carboxylic acids is 1. The van der Waals surface area contributed by atoms with Gasteiger partial charge in [-0.2, -0.15) is 0 Å². The zero-order valence-corrected chi connectivity index (χ0v) is 11.8. The smallest absolute Gasteiger partial charge is 0.309 e. The van der Waals surface area contributed by atoms with Crippen LogP contribution < -0.4 is 0 Å². The maximum absolute atomic E-state index is 12.0. The molecule has 0 aromatic heterocycles. The lowest BCUT2D eigenvalue weighted by Gasteiger charge is -2.39.